The Balaban J connectivity index is 2.13. The zero-order valence-electron chi connectivity index (χ0n) is 11.2. The van der Waals surface area contributed by atoms with Gasteiger partial charge in [-0.15, -0.1) is 0 Å². The van der Waals surface area contributed by atoms with Gasteiger partial charge in [0.15, 0.2) is 0 Å². The molecule has 0 atom stereocenters. The number of halogens is 1. The Hall–Kier alpha value is -2.36. The summed E-state index contributed by atoms with van der Waals surface area (Å²) >= 11 is 0. The lowest BCUT2D eigenvalue weighted by molar-refractivity contribution is 0.0752. The van der Waals surface area contributed by atoms with Gasteiger partial charge in [-0.2, -0.15) is 0 Å². The topological polar surface area (TPSA) is 40.5 Å². The van der Waals surface area contributed by atoms with Gasteiger partial charge in [-0.25, -0.2) is 4.39 Å². The van der Waals surface area contributed by atoms with Crippen LogP contribution in [0.15, 0.2) is 48.5 Å². The van der Waals surface area contributed by atoms with E-state index in [0.29, 0.717) is 18.7 Å². The molecule has 2 aromatic carbocycles. The highest BCUT2D eigenvalue weighted by Crippen LogP contribution is 2.14. The Kier molecular flexibility index (Phi) is 4.35. The largest absolute Gasteiger partial charge is 0.508 e. The lowest BCUT2D eigenvalue weighted by Crippen LogP contribution is -2.30. The highest BCUT2D eigenvalue weighted by atomic mass is 19.1. The summed E-state index contributed by atoms with van der Waals surface area (Å²) in [5, 5.41) is 9.24. The van der Waals surface area contributed by atoms with Crippen molar-refractivity contribution >= 4 is 5.91 Å². The number of phenols is 1. The molecule has 0 spiro atoms. The van der Waals surface area contributed by atoms with Crippen molar-refractivity contribution in [1.29, 1.82) is 0 Å². The van der Waals surface area contributed by atoms with Gasteiger partial charge >= 0.3 is 0 Å². The summed E-state index contributed by atoms with van der Waals surface area (Å²) in [6.45, 7) is 2.87. The van der Waals surface area contributed by atoms with Gasteiger partial charge in [-0.05, 0) is 48.9 Å². The van der Waals surface area contributed by atoms with Gasteiger partial charge in [0.05, 0.1) is 0 Å². The van der Waals surface area contributed by atoms with Crippen LogP contribution in [0.3, 0.4) is 0 Å². The number of phenolic OH excluding ortho intramolecular Hbond substituents is 1. The minimum atomic E-state index is -0.290. The smallest absolute Gasteiger partial charge is 0.254 e. The predicted octanol–water partition coefficient (Wildman–Crippen LogP) is 3.19. The third-order valence-electron chi connectivity index (χ3n) is 3.07. The standard InChI is InChI=1S/C16H16FNO2/c1-2-18(11-12-3-7-14(17)8-4-12)16(20)13-5-9-15(19)10-6-13/h3-10,19H,2,11H2,1H3. The van der Waals surface area contributed by atoms with Gasteiger partial charge in [-0.3, -0.25) is 4.79 Å². The summed E-state index contributed by atoms with van der Waals surface area (Å²) < 4.78 is 12.9. The quantitative estimate of drug-likeness (QED) is 0.929. The van der Waals surface area contributed by atoms with E-state index in [-0.39, 0.29) is 17.5 Å². The molecule has 20 heavy (non-hydrogen) atoms. The average Bonchev–Trinajstić information content (AvgIpc) is 2.47. The van der Waals surface area contributed by atoms with Crippen molar-refractivity contribution in [3.63, 3.8) is 0 Å². The maximum atomic E-state index is 12.9. The first kappa shape index (κ1) is 14.1. The van der Waals surface area contributed by atoms with Gasteiger partial charge < -0.3 is 10.0 Å². The molecule has 0 radical (unpaired) electrons. The molecule has 0 saturated carbocycles. The van der Waals surface area contributed by atoms with Crippen LogP contribution in [0.5, 0.6) is 5.75 Å². The summed E-state index contributed by atoms with van der Waals surface area (Å²) in [6.07, 6.45) is 0. The first-order valence-corrected chi connectivity index (χ1v) is 6.43. The summed E-state index contributed by atoms with van der Waals surface area (Å²) in [5.41, 5.74) is 1.40. The Bertz CT molecular complexity index is 578. The molecule has 0 heterocycles. The minimum absolute atomic E-state index is 0.114. The summed E-state index contributed by atoms with van der Waals surface area (Å²) in [5.74, 6) is -0.276. The van der Waals surface area contributed by atoms with Crippen molar-refractivity contribution in [2.75, 3.05) is 6.54 Å². The highest BCUT2D eigenvalue weighted by molar-refractivity contribution is 5.94. The number of rotatable bonds is 4. The van der Waals surface area contributed by atoms with Crippen molar-refractivity contribution in [2.24, 2.45) is 0 Å². The number of aromatic hydroxyl groups is 1. The molecule has 0 fully saturated rings. The van der Waals surface area contributed by atoms with E-state index in [4.69, 9.17) is 0 Å². The Labute approximate surface area is 117 Å². The van der Waals surface area contributed by atoms with Crippen LogP contribution in [0.1, 0.15) is 22.8 Å². The zero-order chi connectivity index (χ0) is 14.5. The van der Waals surface area contributed by atoms with Crippen molar-refractivity contribution < 1.29 is 14.3 Å². The number of carbonyl (C=O) groups excluding carboxylic acids is 1. The molecule has 3 nitrogen and oxygen atoms in total. The number of amides is 1. The van der Waals surface area contributed by atoms with Crippen LogP contribution in [0.4, 0.5) is 4.39 Å². The SMILES string of the molecule is CCN(Cc1ccc(F)cc1)C(=O)c1ccc(O)cc1. The molecular weight excluding hydrogens is 257 g/mol. The second-order valence-electron chi connectivity index (χ2n) is 4.49. The molecule has 0 aromatic heterocycles. The lowest BCUT2D eigenvalue weighted by Gasteiger charge is -2.21. The van der Waals surface area contributed by atoms with E-state index in [1.165, 1.54) is 24.3 Å². The van der Waals surface area contributed by atoms with Crippen LogP contribution < -0.4 is 0 Å². The predicted molar refractivity (Wildman–Crippen MR) is 74.9 cm³/mol. The first-order valence-electron chi connectivity index (χ1n) is 6.43. The zero-order valence-corrected chi connectivity index (χ0v) is 11.2. The molecule has 2 rings (SSSR count). The van der Waals surface area contributed by atoms with E-state index in [1.54, 1.807) is 29.2 Å². The fourth-order valence-electron chi connectivity index (χ4n) is 1.92. The van der Waals surface area contributed by atoms with E-state index >= 15 is 0 Å². The van der Waals surface area contributed by atoms with E-state index in [2.05, 4.69) is 0 Å². The van der Waals surface area contributed by atoms with Crippen molar-refractivity contribution in [2.45, 2.75) is 13.5 Å². The maximum absolute atomic E-state index is 12.9. The molecule has 1 N–H and O–H groups in total. The van der Waals surface area contributed by atoms with E-state index in [9.17, 15) is 14.3 Å². The Morgan fingerprint density at radius 3 is 2.25 bits per heavy atom. The Morgan fingerprint density at radius 1 is 1.10 bits per heavy atom. The molecule has 0 aliphatic rings. The molecule has 0 aliphatic carbocycles. The van der Waals surface area contributed by atoms with Gasteiger partial charge in [0, 0.05) is 18.7 Å². The molecule has 0 saturated heterocycles. The lowest BCUT2D eigenvalue weighted by atomic mass is 10.1. The Morgan fingerprint density at radius 2 is 1.70 bits per heavy atom. The molecule has 4 heteroatoms. The molecular formula is C16H16FNO2. The number of nitrogens with zero attached hydrogens (tertiary/aromatic N) is 1. The fraction of sp³-hybridized carbons (Fsp3) is 0.188. The normalized spacial score (nSPS) is 10.3. The number of benzene rings is 2. The highest BCUT2D eigenvalue weighted by Gasteiger charge is 2.14. The van der Waals surface area contributed by atoms with Crippen molar-refractivity contribution in [3.8, 4) is 5.75 Å². The van der Waals surface area contributed by atoms with Crippen LogP contribution in [0.25, 0.3) is 0 Å². The third-order valence-corrected chi connectivity index (χ3v) is 3.07. The van der Waals surface area contributed by atoms with Crippen LogP contribution in [-0.4, -0.2) is 22.5 Å². The first-order chi connectivity index (χ1) is 9.60. The van der Waals surface area contributed by atoms with E-state index in [1.807, 2.05) is 6.92 Å². The second-order valence-corrected chi connectivity index (χ2v) is 4.49. The minimum Gasteiger partial charge on any atom is -0.508 e. The molecule has 1 amide bonds. The molecule has 0 bridgehead atoms. The molecule has 0 aliphatic heterocycles. The monoisotopic (exact) mass is 273 g/mol. The molecule has 104 valence electrons. The van der Waals surface area contributed by atoms with Crippen LogP contribution >= 0.6 is 0 Å². The van der Waals surface area contributed by atoms with E-state index < -0.39 is 0 Å². The average molecular weight is 273 g/mol. The van der Waals surface area contributed by atoms with Crippen LogP contribution in [0, 0.1) is 5.82 Å². The maximum Gasteiger partial charge on any atom is 0.254 e. The van der Waals surface area contributed by atoms with Crippen molar-refractivity contribution in [3.05, 3.63) is 65.5 Å². The molecule has 0 unspecified atom stereocenters. The van der Waals surface area contributed by atoms with Crippen molar-refractivity contribution in [1.82, 2.24) is 4.90 Å². The summed E-state index contributed by atoms with van der Waals surface area (Å²) in [7, 11) is 0. The number of hydrogen-bond acceptors (Lipinski definition) is 2. The van der Waals surface area contributed by atoms with Crippen LogP contribution in [-0.2, 0) is 6.54 Å². The van der Waals surface area contributed by atoms with Gasteiger partial charge in [-0.1, -0.05) is 12.1 Å². The molecule has 2 aromatic rings. The van der Waals surface area contributed by atoms with Gasteiger partial charge in [0.25, 0.3) is 5.91 Å². The van der Waals surface area contributed by atoms with Gasteiger partial charge in [0.1, 0.15) is 11.6 Å². The second kappa shape index (κ2) is 6.19. The van der Waals surface area contributed by atoms with Crippen LogP contribution in [0.2, 0.25) is 0 Å². The number of carbonyl (C=O) groups is 1. The van der Waals surface area contributed by atoms with E-state index in [0.717, 1.165) is 5.56 Å². The summed E-state index contributed by atoms with van der Waals surface area (Å²) in [4.78, 5) is 14.0. The fourth-order valence-corrected chi connectivity index (χ4v) is 1.92. The summed E-state index contributed by atoms with van der Waals surface area (Å²) in [6, 6.07) is 12.3. The van der Waals surface area contributed by atoms with Gasteiger partial charge in [0.2, 0.25) is 0 Å². The number of hydrogen-bond donors (Lipinski definition) is 1. The third kappa shape index (κ3) is 3.35.